The summed E-state index contributed by atoms with van der Waals surface area (Å²) >= 11 is 0. The fourth-order valence-electron chi connectivity index (χ4n) is 3.56. The Balaban J connectivity index is 2.36. The van der Waals surface area contributed by atoms with Gasteiger partial charge in [-0.25, -0.2) is 0 Å². The van der Waals surface area contributed by atoms with E-state index < -0.39 is 5.60 Å². The van der Waals surface area contributed by atoms with Gasteiger partial charge in [0.2, 0.25) is 0 Å². The average molecular weight is 247 g/mol. The molecule has 100 valence electrons. The van der Waals surface area contributed by atoms with Crippen molar-refractivity contribution in [2.45, 2.75) is 45.1 Å². The maximum atomic E-state index is 11.1. The molecule has 3 atom stereocenters. The van der Waals surface area contributed by atoms with Crippen molar-refractivity contribution in [2.24, 2.45) is 17.1 Å². The summed E-state index contributed by atoms with van der Waals surface area (Å²) in [5, 5.41) is 11.1. The molecule has 1 saturated carbocycles. The fraction of sp³-hybridized carbons (Fsp3) is 0.625. The number of aliphatic hydroxyl groups is 1. The van der Waals surface area contributed by atoms with Crippen molar-refractivity contribution in [3.63, 3.8) is 0 Å². The Bertz CT molecular complexity index is 387. The zero-order valence-electron chi connectivity index (χ0n) is 11.5. The highest BCUT2D eigenvalue weighted by atomic mass is 16.3. The molecule has 0 radical (unpaired) electrons. The third-order valence-corrected chi connectivity index (χ3v) is 4.85. The Labute approximate surface area is 110 Å². The van der Waals surface area contributed by atoms with Crippen LogP contribution in [0.3, 0.4) is 0 Å². The van der Waals surface area contributed by atoms with Crippen molar-refractivity contribution in [1.29, 1.82) is 0 Å². The Kier molecular flexibility index (Phi) is 3.79. The summed E-state index contributed by atoms with van der Waals surface area (Å²) in [7, 11) is 0. The van der Waals surface area contributed by atoms with Gasteiger partial charge in [-0.3, -0.25) is 0 Å². The molecule has 0 aliphatic heterocycles. The summed E-state index contributed by atoms with van der Waals surface area (Å²) < 4.78 is 0. The highest BCUT2D eigenvalue weighted by Crippen LogP contribution is 2.50. The van der Waals surface area contributed by atoms with Crippen LogP contribution in [-0.4, -0.2) is 11.7 Å². The summed E-state index contributed by atoms with van der Waals surface area (Å²) in [6, 6.07) is 9.98. The largest absolute Gasteiger partial charge is 0.385 e. The van der Waals surface area contributed by atoms with Crippen molar-refractivity contribution < 1.29 is 5.11 Å². The Morgan fingerprint density at radius 1 is 1.39 bits per heavy atom. The van der Waals surface area contributed by atoms with E-state index in [1.165, 1.54) is 12.8 Å². The lowest BCUT2D eigenvalue weighted by molar-refractivity contribution is -0.101. The number of benzene rings is 1. The lowest BCUT2D eigenvalue weighted by Gasteiger charge is -2.49. The van der Waals surface area contributed by atoms with Gasteiger partial charge in [-0.1, -0.05) is 50.1 Å². The Morgan fingerprint density at radius 2 is 2.06 bits per heavy atom. The molecular weight excluding hydrogens is 222 g/mol. The molecule has 0 heterocycles. The van der Waals surface area contributed by atoms with Gasteiger partial charge in [-0.2, -0.15) is 0 Å². The Hall–Kier alpha value is -0.860. The standard InChI is InChI=1S/C16H25NO/c1-13-7-6-10-16(11-13,12-17)15(2,18)14-8-4-3-5-9-14/h3-5,8-9,13,18H,6-7,10-12,17H2,1-2H3. The highest BCUT2D eigenvalue weighted by molar-refractivity contribution is 5.25. The summed E-state index contributed by atoms with van der Waals surface area (Å²) in [5.41, 5.74) is 6.04. The van der Waals surface area contributed by atoms with Gasteiger partial charge >= 0.3 is 0 Å². The first-order chi connectivity index (χ1) is 8.52. The van der Waals surface area contributed by atoms with Crippen LogP contribution >= 0.6 is 0 Å². The second kappa shape index (κ2) is 5.02. The van der Waals surface area contributed by atoms with Gasteiger partial charge in [-0.15, -0.1) is 0 Å². The van der Waals surface area contributed by atoms with Crippen LogP contribution in [0.2, 0.25) is 0 Å². The van der Waals surface area contributed by atoms with E-state index in [0.29, 0.717) is 12.5 Å². The maximum absolute atomic E-state index is 11.1. The molecule has 0 bridgehead atoms. The van der Waals surface area contributed by atoms with Gasteiger partial charge in [0, 0.05) is 12.0 Å². The maximum Gasteiger partial charge on any atom is 0.0936 e. The lowest BCUT2D eigenvalue weighted by atomic mass is 9.59. The molecule has 3 unspecified atom stereocenters. The average Bonchev–Trinajstić information content (AvgIpc) is 2.39. The van der Waals surface area contributed by atoms with Crippen LogP contribution in [0.1, 0.15) is 45.1 Å². The van der Waals surface area contributed by atoms with Crippen LogP contribution in [-0.2, 0) is 5.60 Å². The summed E-state index contributed by atoms with van der Waals surface area (Å²) in [5.74, 6) is 0.650. The minimum atomic E-state index is -0.836. The first kappa shape index (κ1) is 13.6. The van der Waals surface area contributed by atoms with Crippen LogP contribution < -0.4 is 5.73 Å². The van der Waals surface area contributed by atoms with E-state index in [0.717, 1.165) is 18.4 Å². The van der Waals surface area contributed by atoms with Crippen molar-refractivity contribution in [3.05, 3.63) is 35.9 Å². The molecular formula is C16H25NO. The van der Waals surface area contributed by atoms with E-state index in [1.54, 1.807) is 0 Å². The first-order valence-electron chi connectivity index (χ1n) is 7.00. The SMILES string of the molecule is CC1CCCC(CN)(C(C)(O)c2ccccc2)C1. The molecule has 2 nitrogen and oxygen atoms in total. The van der Waals surface area contributed by atoms with Gasteiger partial charge in [0.25, 0.3) is 0 Å². The van der Waals surface area contributed by atoms with Gasteiger partial charge in [0.15, 0.2) is 0 Å². The monoisotopic (exact) mass is 247 g/mol. The molecule has 1 aromatic rings. The van der Waals surface area contributed by atoms with Crippen LogP contribution in [0.5, 0.6) is 0 Å². The molecule has 1 aliphatic rings. The zero-order chi connectivity index (χ0) is 13.2. The van der Waals surface area contributed by atoms with Gasteiger partial charge in [0.1, 0.15) is 0 Å². The summed E-state index contributed by atoms with van der Waals surface area (Å²) in [6.45, 7) is 4.76. The van der Waals surface area contributed by atoms with E-state index in [2.05, 4.69) is 6.92 Å². The molecule has 0 amide bonds. The summed E-state index contributed by atoms with van der Waals surface area (Å²) in [4.78, 5) is 0. The molecule has 1 aromatic carbocycles. The predicted molar refractivity (Wildman–Crippen MR) is 75.1 cm³/mol. The highest BCUT2D eigenvalue weighted by Gasteiger charge is 2.48. The molecule has 1 fully saturated rings. The van der Waals surface area contributed by atoms with Crippen molar-refractivity contribution in [3.8, 4) is 0 Å². The molecule has 0 saturated heterocycles. The van der Waals surface area contributed by atoms with E-state index >= 15 is 0 Å². The molecule has 2 heteroatoms. The summed E-state index contributed by atoms with van der Waals surface area (Å²) in [6.07, 6.45) is 4.47. The first-order valence-corrected chi connectivity index (χ1v) is 7.00. The lowest BCUT2D eigenvalue weighted by Crippen LogP contribution is -2.51. The molecule has 18 heavy (non-hydrogen) atoms. The van der Waals surface area contributed by atoms with E-state index in [4.69, 9.17) is 5.73 Å². The van der Waals surface area contributed by atoms with Gasteiger partial charge < -0.3 is 10.8 Å². The molecule has 1 aliphatic carbocycles. The molecule has 0 aromatic heterocycles. The van der Waals surface area contributed by atoms with E-state index in [1.807, 2.05) is 37.3 Å². The van der Waals surface area contributed by atoms with Crippen LogP contribution in [0.15, 0.2) is 30.3 Å². The van der Waals surface area contributed by atoms with Crippen LogP contribution in [0.4, 0.5) is 0 Å². The quantitative estimate of drug-likeness (QED) is 0.862. The third-order valence-electron chi connectivity index (χ3n) is 4.85. The van der Waals surface area contributed by atoms with E-state index in [9.17, 15) is 5.11 Å². The smallest absolute Gasteiger partial charge is 0.0936 e. The minimum Gasteiger partial charge on any atom is -0.385 e. The molecule has 2 rings (SSSR count). The van der Waals surface area contributed by atoms with Crippen LogP contribution in [0, 0.1) is 11.3 Å². The predicted octanol–water partition coefficient (Wildman–Crippen LogP) is 3.05. The molecule has 3 N–H and O–H groups in total. The third kappa shape index (κ3) is 2.19. The van der Waals surface area contributed by atoms with Crippen molar-refractivity contribution in [1.82, 2.24) is 0 Å². The van der Waals surface area contributed by atoms with Crippen LogP contribution in [0.25, 0.3) is 0 Å². The van der Waals surface area contributed by atoms with E-state index in [-0.39, 0.29) is 5.41 Å². The second-order valence-corrected chi connectivity index (χ2v) is 6.12. The second-order valence-electron chi connectivity index (χ2n) is 6.12. The van der Waals surface area contributed by atoms with Gasteiger partial charge in [0.05, 0.1) is 5.60 Å². The number of hydrogen-bond acceptors (Lipinski definition) is 2. The molecule has 0 spiro atoms. The van der Waals surface area contributed by atoms with Gasteiger partial charge in [-0.05, 0) is 31.2 Å². The number of hydrogen-bond donors (Lipinski definition) is 2. The Morgan fingerprint density at radius 3 is 2.61 bits per heavy atom. The topological polar surface area (TPSA) is 46.2 Å². The minimum absolute atomic E-state index is 0.175. The van der Waals surface area contributed by atoms with Crippen molar-refractivity contribution in [2.75, 3.05) is 6.54 Å². The fourth-order valence-corrected chi connectivity index (χ4v) is 3.56. The normalized spacial score (nSPS) is 31.9. The zero-order valence-corrected chi connectivity index (χ0v) is 11.5. The van der Waals surface area contributed by atoms with Crippen molar-refractivity contribution >= 4 is 0 Å². The number of rotatable bonds is 3. The number of nitrogens with two attached hydrogens (primary N) is 1.